The Morgan fingerprint density at radius 1 is 0.366 bits per heavy atom. The minimum absolute atomic E-state index is 0.00981. The maximum atomic E-state index is 2.74. The van der Waals surface area contributed by atoms with Crippen molar-refractivity contribution >= 4 is 57.2 Å². The minimum atomic E-state index is -0.269. The largest absolute Gasteiger partial charge is 0.311 e. The van der Waals surface area contributed by atoms with Gasteiger partial charge in [-0.2, -0.15) is 0 Å². The van der Waals surface area contributed by atoms with Crippen molar-refractivity contribution in [2.45, 2.75) is 161 Å². The van der Waals surface area contributed by atoms with Crippen LogP contribution in [0.15, 0.2) is 194 Å². The van der Waals surface area contributed by atoms with E-state index in [1.165, 1.54) is 129 Å². The number of hydrogen-bond acceptors (Lipinski definition) is 2. The topological polar surface area (TPSA) is 6.48 Å². The molecule has 4 aliphatic rings. The number of rotatable bonds is 9. The van der Waals surface area contributed by atoms with Crippen molar-refractivity contribution in [3.05, 3.63) is 244 Å². The van der Waals surface area contributed by atoms with E-state index >= 15 is 0 Å². The number of nitrogens with zero attached hydrogens (tertiary/aromatic N) is 2. The fraction of sp³-hybridized carbons (Fsp3) is 0.316. The van der Waals surface area contributed by atoms with Crippen molar-refractivity contribution in [3.63, 3.8) is 0 Å². The summed E-state index contributed by atoms with van der Waals surface area (Å²) in [6.45, 7) is 34.2. The molecular formula is C79H83BN2. The quantitative estimate of drug-likeness (QED) is 0.133. The predicted molar refractivity (Wildman–Crippen MR) is 353 cm³/mol. The molecular weight excluding hydrogens is 988 g/mol. The highest BCUT2D eigenvalue weighted by Gasteiger charge is 2.48. The average molecular weight is 1070 g/mol. The van der Waals surface area contributed by atoms with Gasteiger partial charge in [0.1, 0.15) is 0 Å². The van der Waals surface area contributed by atoms with Crippen molar-refractivity contribution in [1.82, 2.24) is 0 Å². The Morgan fingerprint density at radius 3 is 1.43 bits per heavy atom. The molecule has 2 aliphatic carbocycles. The summed E-state index contributed by atoms with van der Waals surface area (Å²) in [4.78, 5) is 5.44. The first-order valence-corrected chi connectivity index (χ1v) is 30.6. The molecule has 9 aromatic carbocycles. The van der Waals surface area contributed by atoms with E-state index in [2.05, 4.69) is 301 Å². The molecule has 0 saturated heterocycles. The number of benzene rings is 9. The zero-order valence-corrected chi connectivity index (χ0v) is 51.4. The summed E-state index contributed by atoms with van der Waals surface area (Å²) in [7, 11) is 0. The van der Waals surface area contributed by atoms with Crippen molar-refractivity contribution in [2.24, 2.45) is 0 Å². The molecule has 0 radical (unpaired) electrons. The number of fused-ring (bicyclic) bond motifs is 6. The standard InChI is InChI=1S/C79H83BN2/c1-51(2)55-44-71-73-72(45-55)82(68-37-33-58(78(11,12)56-29-20-16-21-30-56)46-61(68)54-28-24-27-53(43-54)52-25-18-15-19-26-52)69-38-34-59(79(13,14)57-31-22-17-23-32-57)47-66(69)80(73)67-49-64-65(77(9,10)42-41-76(64,7)8)50-70(67)81(71)60-35-36-62-63(48-60)75(5,6)40-39-74(62,3)4/h15-38,43-51H,39-42H2,1-14H3. The molecule has 412 valence electrons. The Bertz CT molecular complexity index is 3970. The van der Waals surface area contributed by atoms with Gasteiger partial charge >= 0.3 is 0 Å². The normalized spacial score (nSPS) is 17.1. The van der Waals surface area contributed by atoms with Gasteiger partial charge in [0.05, 0.1) is 5.69 Å². The number of anilines is 6. The Balaban J connectivity index is 1.16. The molecule has 0 N–H and O–H groups in total. The first kappa shape index (κ1) is 53.9. The Kier molecular flexibility index (Phi) is 12.6. The van der Waals surface area contributed by atoms with Gasteiger partial charge in [-0.15, -0.1) is 0 Å². The zero-order valence-electron chi connectivity index (χ0n) is 51.4. The van der Waals surface area contributed by atoms with Crippen LogP contribution in [0.2, 0.25) is 0 Å². The third-order valence-electron chi connectivity index (χ3n) is 20.8. The van der Waals surface area contributed by atoms with Gasteiger partial charge in [-0.1, -0.05) is 236 Å². The van der Waals surface area contributed by atoms with Crippen molar-refractivity contribution in [3.8, 4) is 22.3 Å². The maximum absolute atomic E-state index is 2.74. The van der Waals surface area contributed by atoms with Crippen molar-refractivity contribution in [2.75, 3.05) is 9.80 Å². The minimum Gasteiger partial charge on any atom is -0.311 e. The Hall–Kier alpha value is -7.36. The number of hydrogen-bond donors (Lipinski definition) is 0. The molecule has 9 aromatic rings. The van der Waals surface area contributed by atoms with Crippen LogP contribution in [0, 0.1) is 0 Å². The van der Waals surface area contributed by atoms with Crippen LogP contribution >= 0.6 is 0 Å². The summed E-state index contributed by atoms with van der Waals surface area (Å²) >= 11 is 0. The second kappa shape index (κ2) is 19.1. The average Bonchev–Trinajstić information content (AvgIpc) is 0.998. The van der Waals surface area contributed by atoms with Crippen LogP contribution in [0.1, 0.15) is 179 Å². The molecule has 0 unspecified atom stereocenters. The molecule has 0 saturated carbocycles. The lowest BCUT2D eigenvalue weighted by atomic mass is 9.32. The molecule has 13 rings (SSSR count). The molecule has 2 aliphatic heterocycles. The lowest BCUT2D eigenvalue weighted by Gasteiger charge is -2.48. The van der Waals surface area contributed by atoms with Gasteiger partial charge in [0.2, 0.25) is 0 Å². The molecule has 0 aromatic heterocycles. The van der Waals surface area contributed by atoms with Gasteiger partial charge in [0.25, 0.3) is 6.71 Å². The molecule has 2 nitrogen and oxygen atoms in total. The second-order valence-electron chi connectivity index (χ2n) is 28.9. The van der Waals surface area contributed by atoms with E-state index in [0.717, 1.165) is 19.3 Å². The van der Waals surface area contributed by atoms with E-state index in [-0.39, 0.29) is 45.1 Å². The van der Waals surface area contributed by atoms with Crippen LogP contribution in [0.25, 0.3) is 22.3 Å². The zero-order chi connectivity index (χ0) is 57.5. The monoisotopic (exact) mass is 1070 g/mol. The molecule has 0 fully saturated rings. The van der Waals surface area contributed by atoms with E-state index in [0.29, 0.717) is 0 Å². The lowest BCUT2D eigenvalue weighted by molar-refractivity contribution is 0.332. The highest BCUT2D eigenvalue weighted by atomic mass is 15.2. The van der Waals surface area contributed by atoms with E-state index in [1.807, 2.05) is 0 Å². The highest BCUT2D eigenvalue weighted by molar-refractivity contribution is 7.00. The van der Waals surface area contributed by atoms with Gasteiger partial charge in [-0.05, 0) is 191 Å². The third kappa shape index (κ3) is 8.65. The predicted octanol–water partition coefficient (Wildman–Crippen LogP) is 19.6. The van der Waals surface area contributed by atoms with Gasteiger partial charge < -0.3 is 9.80 Å². The molecule has 0 bridgehead atoms. The van der Waals surface area contributed by atoms with Crippen LogP contribution in [-0.4, -0.2) is 6.71 Å². The van der Waals surface area contributed by atoms with E-state index in [1.54, 1.807) is 0 Å². The first-order chi connectivity index (χ1) is 39.0. The summed E-state index contributed by atoms with van der Waals surface area (Å²) < 4.78 is 0. The molecule has 82 heavy (non-hydrogen) atoms. The van der Waals surface area contributed by atoms with Crippen LogP contribution in [-0.2, 0) is 32.5 Å². The SMILES string of the molecule is CC(C)c1cc2c3c(c1)N(c1ccc(C(C)(C)c4ccccc4)cc1-c1cccc(-c4ccccc4)c1)c1ccc(C(C)(C)c4ccccc4)cc1B3c1cc3c(cc1N2c1ccc2c(c1)C(C)(C)CCC2(C)C)C(C)(C)CCC3(C)C. The van der Waals surface area contributed by atoms with E-state index in [9.17, 15) is 0 Å². The molecule has 3 heteroatoms. The summed E-state index contributed by atoms with van der Waals surface area (Å²) in [5.41, 5.74) is 28.7. The van der Waals surface area contributed by atoms with E-state index in [4.69, 9.17) is 0 Å². The second-order valence-corrected chi connectivity index (χ2v) is 28.9. The van der Waals surface area contributed by atoms with Crippen molar-refractivity contribution < 1.29 is 0 Å². The van der Waals surface area contributed by atoms with Crippen LogP contribution < -0.4 is 26.2 Å². The highest BCUT2D eigenvalue weighted by Crippen LogP contribution is 2.54. The summed E-state index contributed by atoms with van der Waals surface area (Å²) in [6, 6.07) is 75.6. The lowest BCUT2D eigenvalue weighted by Crippen LogP contribution is -2.62. The smallest absolute Gasteiger partial charge is 0.252 e. The maximum Gasteiger partial charge on any atom is 0.252 e. The van der Waals surface area contributed by atoms with Gasteiger partial charge in [-0.3, -0.25) is 0 Å². The van der Waals surface area contributed by atoms with Gasteiger partial charge in [0.15, 0.2) is 0 Å². The summed E-state index contributed by atoms with van der Waals surface area (Å²) in [5.74, 6) is 0.267. The van der Waals surface area contributed by atoms with Crippen LogP contribution in [0.5, 0.6) is 0 Å². The fourth-order valence-corrected chi connectivity index (χ4v) is 14.9. The third-order valence-corrected chi connectivity index (χ3v) is 20.8. The molecule has 0 atom stereocenters. The summed E-state index contributed by atoms with van der Waals surface area (Å²) in [6.07, 6.45) is 4.66. The Morgan fingerprint density at radius 2 is 0.841 bits per heavy atom. The molecule has 0 spiro atoms. The van der Waals surface area contributed by atoms with Crippen LogP contribution in [0.3, 0.4) is 0 Å². The Labute approximate surface area is 491 Å². The first-order valence-electron chi connectivity index (χ1n) is 30.6. The summed E-state index contributed by atoms with van der Waals surface area (Å²) in [5, 5.41) is 0. The molecule has 0 amide bonds. The van der Waals surface area contributed by atoms with Crippen LogP contribution in [0.4, 0.5) is 34.1 Å². The molecule has 2 heterocycles. The van der Waals surface area contributed by atoms with Crippen molar-refractivity contribution in [1.29, 1.82) is 0 Å². The van der Waals surface area contributed by atoms with Gasteiger partial charge in [0, 0.05) is 44.8 Å². The fourth-order valence-electron chi connectivity index (χ4n) is 14.9. The van der Waals surface area contributed by atoms with E-state index < -0.39 is 0 Å². The van der Waals surface area contributed by atoms with Gasteiger partial charge in [-0.25, -0.2) is 0 Å².